The zero-order chi connectivity index (χ0) is 14.3. The fourth-order valence-corrected chi connectivity index (χ4v) is 2.23. The summed E-state index contributed by atoms with van der Waals surface area (Å²) in [6.07, 6.45) is 3.77. The highest BCUT2D eigenvalue weighted by atomic mass is 32.2. The van der Waals surface area contributed by atoms with E-state index in [2.05, 4.69) is 19.4 Å². The van der Waals surface area contributed by atoms with Gasteiger partial charge in [0, 0.05) is 39.0 Å². The molecule has 8 nitrogen and oxygen atoms in total. The van der Waals surface area contributed by atoms with Crippen LogP contribution in [-0.4, -0.2) is 55.9 Å². The smallest absolute Gasteiger partial charge is 0.306 e. The molecule has 108 valence electrons. The van der Waals surface area contributed by atoms with Gasteiger partial charge in [-0.05, 0) is 0 Å². The van der Waals surface area contributed by atoms with Gasteiger partial charge in [0.2, 0.25) is 0 Å². The van der Waals surface area contributed by atoms with Gasteiger partial charge in [-0.3, -0.25) is 4.79 Å². The second kappa shape index (κ2) is 7.22. The van der Waals surface area contributed by atoms with Crippen LogP contribution in [-0.2, 0) is 26.2 Å². The Morgan fingerprint density at radius 3 is 2.89 bits per heavy atom. The highest BCUT2D eigenvalue weighted by Crippen LogP contribution is 1.97. The molecule has 0 spiro atoms. The molecular formula is C10H18N4O4S. The van der Waals surface area contributed by atoms with Gasteiger partial charge in [0.25, 0.3) is 10.2 Å². The van der Waals surface area contributed by atoms with E-state index in [1.54, 1.807) is 12.4 Å². The average Bonchev–Trinajstić information content (AvgIpc) is 2.88. The van der Waals surface area contributed by atoms with Crippen LogP contribution >= 0.6 is 0 Å². The van der Waals surface area contributed by atoms with Crippen molar-refractivity contribution < 1.29 is 17.9 Å². The Balaban J connectivity index is 2.35. The Hall–Kier alpha value is -1.45. The lowest BCUT2D eigenvalue weighted by Crippen LogP contribution is -2.40. The summed E-state index contributed by atoms with van der Waals surface area (Å²) in [4.78, 5) is 17.8. The molecule has 19 heavy (non-hydrogen) atoms. The van der Waals surface area contributed by atoms with Gasteiger partial charge in [-0.1, -0.05) is 0 Å². The van der Waals surface area contributed by atoms with Crippen molar-refractivity contribution in [3.63, 3.8) is 0 Å². The number of nitrogens with zero attached hydrogens (tertiary/aromatic N) is 2. The number of aromatic nitrogens is 2. The topological polar surface area (TPSA) is 104 Å². The van der Waals surface area contributed by atoms with Crippen LogP contribution in [0.15, 0.2) is 12.4 Å². The molecule has 0 fully saturated rings. The molecule has 0 aromatic carbocycles. The van der Waals surface area contributed by atoms with E-state index in [4.69, 9.17) is 0 Å². The first kappa shape index (κ1) is 15.6. The van der Waals surface area contributed by atoms with Gasteiger partial charge in [0.15, 0.2) is 0 Å². The molecule has 0 bridgehead atoms. The number of hydrogen-bond donors (Lipinski definition) is 2. The molecule has 0 aliphatic carbocycles. The molecule has 0 aliphatic rings. The van der Waals surface area contributed by atoms with Crippen LogP contribution in [0.5, 0.6) is 0 Å². The summed E-state index contributed by atoms with van der Waals surface area (Å²) in [5.41, 5.74) is 0. The van der Waals surface area contributed by atoms with Gasteiger partial charge in [-0.15, -0.1) is 0 Å². The van der Waals surface area contributed by atoms with Crippen LogP contribution in [0.4, 0.5) is 0 Å². The summed E-state index contributed by atoms with van der Waals surface area (Å²) in [5, 5.41) is 0. The highest BCUT2D eigenvalue weighted by molar-refractivity contribution is 7.87. The molecule has 1 heterocycles. The summed E-state index contributed by atoms with van der Waals surface area (Å²) in [5.74, 6) is 0.262. The van der Waals surface area contributed by atoms with Crippen molar-refractivity contribution in [1.82, 2.24) is 19.0 Å². The normalized spacial score (nSPS) is 11.7. The number of nitrogens with one attached hydrogen (secondary N) is 2. The van der Waals surface area contributed by atoms with Crippen LogP contribution in [0, 0.1) is 0 Å². The second-order valence-corrected chi connectivity index (χ2v) is 5.70. The first-order chi connectivity index (χ1) is 8.95. The third-order valence-corrected chi connectivity index (χ3v) is 4.04. The molecule has 1 rings (SSSR count). The Bertz CT molecular complexity index is 486. The van der Waals surface area contributed by atoms with Crippen molar-refractivity contribution in [2.45, 2.75) is 12.8 Å². The fourth-order valence-electron chi connectivity index (χ4n) is 1.31. The predicted molar refractivity (Wildman–Crippen MR) is 68.5 cm³/mol. The van der Waals surface area contributed by atoms with Gasteiger partial charge in [-0.2, -0.15) is 12.7 Å². The Morgan fingerprint density at radius 2 is 2.32 bits per heavy atom. The summed E-state index contributed by atoms with van der Waals surface area (Å²) in [7, 11) is -0.920. The zero-order valence-electron chi connectivity index (χ0n) is 10.9. The van der Waals surface area contributed by atoms with E-state index in [1.807, 2.05) is 0 Å². The largest absolute Gasteiger partial charge is 0.469 e. The van der Waals surface area contributed by atoms with Crippen molar-refractivity contribution >= 4 is 16.2 Å². The average molecular weight is 290 g/mol. The third-order valence-electron chi connectivity index (χ3n) is 2.47. The number of carbonyl (C=O) groups is 1. The number of aromatic amines is 1. The summed E-state index contributed by atoms with van der Waals surface area (Å²) < 4.78 is 31.5. The molecule has 0 aliphatic heterocycles. The SMILES string of the molecule is COC(=O)CCN(C)S(=O)(=O)NCCc1ncc[nH]1. The van der Waals surface area contributed by atoms with Crippen molar-refractivity contribution in [2.24, 2.45) is 0 Å². The van der Waals surface area contributed by atoms with E-state index in [0.717, 1.165) is 4.31 Å². The van der Waals surface area contributed by atoms with Gasteiger partial charge < -0.3 is 9.72 Å². The van der Waals surface area contributed by atoms with Crippen molar-refractivity contribution in [1.29, 1.82) is 0 Å². The maximum absolute atomic E-state index is 11.8. The van der Waals surface area contributed by atoms with Crippen molar-refractivity contribution in [3.8, 4) is 0 Å². The van der Waals surface area contributed by atoms with Crippen LogP contribution < -0.4 is 4.72 Å². The Morgan fingerprint density at radius 1 is 1.58 bits per heavy atom. The van der Waals surface area contributed by atoms with Crippen molar-refractivity contribution in [2.75, 3.05) is 27.2 Å². The lowest BCUT2D eigenvalue weighted by molar-refractivity contribution is -0.140. The number of rotatable bonds is 8. The minimum Gasteiger partial charge on any atom is -0.469 e. The van der Waals surface area contributed by atoms with E-state index in [0.29, 0.717) is 12.2 Å². The summed E-state index contributed by atoms with van der Waals surface area (Å²) in [6.45, 7) is 0.307. The van der Waals surface area contributed by atoms with Crippen molar-refractivity contribution in [3.05, 3.63) is 18.2 Å². The number of esters is 1. The first-order valence-electron chi connectivity index (χ1n) is 5.71. The maximum Gasteiger partial charge on any atom is 0.306 e. The molecular weight excluding hydrogens is 272 g/mol. The fraction of sp³-hybridized carbons (Fsp3) is 0.600. The quantitative estimate of drug-likeness (QED) is 0.615. The minimum absolute atomic E-state index is 0.0199. The maximum atomic E-state index is 11.8. The summed E-state index contributed by atoms with van der Waals surface area (Å²) >= 11 is 0. The molecule has 0 atom stereocenters. The number of carbonyl (C=O) groups excluding carboxylic acids is 1. The number of methoxy groups -OCH3 is 1. The minimum atomic E-state index is -3.58. The zero-order valence-corrected chi connectivity index (χ0v) is 11.7. The van der Waals surface area contributed by atoms with E-state index < -0.39 is 16.2 Å². The summed E-state index contributed by atoms with van der Waals surface area (Å²) in [6, 6.07) is 0. The first-order valence-corrected chi connectivity index (χ1v) is 7.15. The molecule has 2 N–H and O–H groups in total. The van der Waals surface area contributed by atoms with Crippen LogP contribution in [0.1, 0.15) is 12.2 Å². The lowest BCUT2D eigenvalue weighted by atomic mass is 10.4. The van der Waals surface area contributed by atoms with E-state index >= 15 is 0 Å². The predicted octanol–water partition coefficient (Wildman–Crippen LogP) is -0.718. The van der Waals surface area contributed by atoms with E-state index in [-0.39, 0.29) is 19.5 Å². The van der Waals surface area contributed by atoms with Gasteiger partial charge in [0.05, 0.1) is 13.5 Å². The molecule has 1 aromatic rings. The van der Waals surface area contributed by atoms with Gasteiger partial charge >= 0.3 is 5.97 Å². The van der Waals surface area contributed by atoms with Gasteiger partial charge in [0.1, 0.15) is 5.82 Å². The number of H-pyrrole nitrogens is 1. The molecule has 0 saturated heterocycles. The molecule has 0 saturated carbocycles. The Kier molecular flexibility index (Phi) is 5.93. The van der Waals surface area contributed by atoms with E-state index in [1.165, 1.54) is 14.2 Å². The van der Waals surface area contributed by atoms with Crippen LogP contribution in [0.2, 0.25) is 0 Å². The number of ether oxygens (including phenoxy) is 1. The Labute approximate surface area is 112 Å². The second-order valence-electron chi connectivity index (χ2n) is 3.83. The lowest BCUT2D eigenvalue weighted by Gasteiger charge is -2.16. The standard InChI is InChI=1S/C10H18N4O4S/c1-14(8-4-10(15)18-2)19(16,17)13-5-3-9-11-6-7-12-9/h6-7,13H,3-5,8H2,1-2H3,(H,11,12). The molecule has 0 radical (unpaired) electrons. The van der Waals surface area contributed by atoms with E-state index in [9.17, 15) is 13.2 Å². The van der Waals surface area contributed by atoms with Gasteiger partial charge in [-0.25, -0.2) is 9.71 Å². The molecule has 1 aromatic heterocycles. The highest BCUT2D eigenvalue weighted by Gasteiger charge is 2.17. The molecule has 0 amide bonds. The van der Waals surface area contributed by atoms with Crippen LogP contribution in [0.25, 0.3) is 0 Å². The van der Waals surface area contributed by atoms with Crippen LogP contribution in [0.3, 0.4) is 0 Å². The molecule has 9 heteroatoms. The monoisotopic (exact) mass is 290 g/mol. The third kappa shape index (κ3) is 5.37. The molecule has 0 unspecified atom stereocenters. The number of hydrogen-bond acceptors (Lipinski definition) is 5. The number of imidazole rings is 1.